The molecular weight excluding hydrogens is 316 g/mol. The van der Waals surface area contributed by atoms with E-state index in [1.54, 1.807) is 0 Å². The number of halogens is 1. The molecular formula is C16H23BrN2O. The predicted octanol–water partition coefficient (Wildman–Crippen LogP) is 2.83. The van der Waals surface area contributed by atoms with Crippen molar-refractivity contribution in [3.63, 3.8) is 0 Å². The van der Waals surface area contributed by atoms with E-state index in [9.17, 15) is 4.79 Å². The first kappa shape index (κ1) is 15.5. The number of nitrogens with two attached hydrogens (primary N) is 1. The summed E-state index contributed by atoms with van der Waals surface area (Å²) in [6, 6.07) is 8.15. The lowest BCUT2D eigenvalue weighted by Gasteiger charge is -2.23. The van der Waals surface area contributed by atoms with Gasteiger partial charge in [0.15, 0.2) is 0 Å². The van der Waals surface area contributed by atoms with E-state index < -0.39 is 0 Å². The Kier molecular flexibility index (Phi) is 5.61. The summed E-state index contributed by atoms with van der Waals surface area (Å²) in [5.41, 5.74) is 6.91. The largest absolute Gasteiger partial charge is 0.342 e. The molecule has 0 radical (unpaired) electrons. The number of rotatable bonds is 5. The number of carbonyl (C=O) groups excluding carboxylic acids is 1. The molecule has 20 heavy (non-hydrogen) atoms. The van der Waals surface area contributed by atoms with Crippen LogP contribution >= 0.6 is 15.9 Å². The molecule has 1 fully saturated rings. The number of carbonyl (C=O) groups is 1. The van der Waals surface area contributed by atoms with Crippen LogP contribution in [0.15, 0.2) is 28.7 Å². The van der Waals surface area contributed by atoms with Gasteiger partial charge in [-0.15, -0.1) is 0 Å². The minimum absolute atomic E-state index is 0.0743. The monoisotopic (exact) mass is 338 g/mol. The van der Waals surface area contributed by atoms with Crippen LogP contribution in [-0.4, -0.2) is 30.4 Å². The molecule has 0 saturated carbocycles. The van der Waals surface area contributed by atoms with Crippen LogP contribution in [0.3, 0.4) is 0 Å². The Balaban J connectivity index is 2.01. The summed E-state index contributed by atoms with van der Waals surface area (Å²) >= 11 is 3.57. The van der Waals surface area contributed by atoms with E-state index in [2.05, 4.69) is 28.9 Å². The van der Waals surface area contributed by atoms with Crippen LogP contribution in [0.1, 0.15) is 25.3 Å². The first-order chi connectivity index (χ1) is 9.65. The van der Waals surface area contributed by atoms with Crippen molar-refractivity contribution in [2.24, 2.45) is 17.6 Å². The van der Waals surface area contributed by atoms with Crippen LogP contribution in [0.2, 0.25) is 0 Å². The summed E-state index contributed by atoms with van der Waals surface area (Å²) in [4.78, 5) is 14.6. The first-order valence-corrected chi connectivity index (χ1v) is 8.17. The van der Waals surface area contributed by atoms with Gasteiger partial charge in [0.1, 0.15) is 0 Å². The average Bonchev–Trinajstić information content (AvgIpc) is 2.94. The highest BCUT2D eigenvalue weighted by molar-refractivity contribution is 9.10. The average molecular weight is 339 g/mol. The van der Waals surface area contributed by atoms with Crippen LogP contribution < -0.4 is 5.73 Å². The fraction of sp³-hybridized carbons (Fsp3) is 0.562. The maximum absolute atomic E-state index is 12.6. The molecule has 1 aliphatic heterocycles. The second kappa shape index (κ2) is 7.23. The number of amides is 1. The normalized spacial score (nSPS) is 20.1. The highest BCUT2D eigenvalue weighted by Gasteiger charge is 2.29. The van der Waals surface area contributed by atoms with Crippen LogP contribution in [0.4, 0.5) is 0 Å². The molecule has 1 aliphatic rings. The van der Waals surface area contributed by atoms with Crippen molar-refractivity contribution in [2.75, 3.05) is 19.6 Å². The third-order valence-corrected chi connectivity index (χ3v) is 4.97. The van der Waals surface area contributed by atoms with Gasteiger partial charge in [-0.1, -0.05) is 41.1 Å². The van der Waals surface area contributed by atoms with Crippen molar-refractivity contribution in [3.8, 4) is 0 Å². The lowest BCUT2D eigenvalue weighted by atomic mass is 9.95. The Morgan fingerprint density at radius 2 is 2.25 bits per heavy atom. The molecule has 0 unspecified atom stereocenters. The van der Waals surface area contributed by atoms with Gasteiger partial charge in [0.05, 0.1) is 0 Å². The summed E-state index contributed by atoms with van der Waals surface area (Å²) in [6.45, 7) is 4.48. The molecule has 1 saturated heterocycles. The Labute approximate surface area is 129 Å². The van der Waals surface area contributed by atoms with Gasteiger partial charge in [-0.05, 0) is 43.4 Å². The maximum atomic E-state index is 12.6. The molecule has 2 N–H and O–H groups in total. The van der Waals surface area contributed by atoms with Gasteiger partial charge in [0, 0.05) is 23.5 Å². The minimum Gasteiger partial charge on any atom is -0.342 e. The van der Waals surface area contributed by atoms with E-state index >= 15 is 0 Å². The van der Waals surface area contributed by atoms with Gasteiger partial charge in [0.2, 0.25) is 5.91 Å². The summed E-state index contributed by atoms with van der Waals surface area (Å²) in [6.07, 6.45) is 2.73. The number of hydrogen-bond acceptors (Lipinski definition) is 2. The Morgan fingerprint density at radius 3 is 2.85 bits per heavy atom. The fourth-order valence-corrected chi connectivity index (χ4v) is 3.27. The SMILES string of the molecule is CC[C@@H](Cc1ccccc1Br)C(=O)N1CC[C@H](CN)C1. The van der Waals surface area contributed by atoms with Crippen LogP contribution in [0, 0.1) is 11.8 Å². The van der Waals surface area contributed by atoms with Gasteiger partial charge in [-0.3, -0.25) is 4.79 Å². The quantitative estimate of drug-likeness (QED) is 0.897. The van der Waals surface area contributed by atoms with Crippen LogP contribution in [0.25, 0.3) is 0 Å². The van der Waals surface area contributed by atoms with E-state index in [1.807, 2.05) is 23.1 Å². The van der Waals surface area contributed by atoms with Gasteiger partial charge >= 0.3 is 0 Å². The molecule has 1 aromatic rings. The number of benzene rings is 1. The molecule has 0 aromatic heterocycles. The van der Waals surface area contributed by atoms with E-state index in [0.717, 1.165) is 36.8 Å². The van der Waals surface area contributed by atoms with E-state index in [-0.39, 0.29) is 5.92 Å². The highest BCUT2D eigenvalue weighted by atomic mass is 79.9. The number of likely N-dealkylation sites (tertiary alicyclic amines) is 1. The molecule has 0 spiro atoms. The maximum Gasteiger partial charge on any atom is 0.226 e. The van der Waals surface area contributed by atoms with E-state index in [4.69, 9.17) is 5.73 Å². The molecule has 2 rings (SSSR count). The Hall–Kier alpha value is -0.870. The first-order valence-electron chi connectivity index (χ1n) is 7.38. The molecule has 1 heterocycles. The summed E-state index contributed by atoms with van der Waals surface area (Å²) in [5, 5.41) is 0. The van der Waals surface area contributed by atoms with Crippen LogP contribution in [0.5, 0.6) is 0 Å². The standard InChI is InChI=1S/C16H23BrN2O/c1-2-13(9-14-5-3-4-6-15(14)17)16(20)19-8-7-12(10-18)11-19/h3-6,12-13H,2,7-11,18H2,1H3/t12-,13+/m1/s1. The van der Waals surface area contributed by atoms with Crippen molar-refractivity contribution >= 4 is 21.8 Å². The van der Waals surface area contributed by atoms with Gasteiger partial charge in [-0.25, -0.2) is 0 Å². The van der Waals surface area contributed by atoms with Gasteiger partial charge in [0.25, 0.3) is 0 Å². The Bertz CT molecular complexity index is 464. The van der Waals surface area contributed by atoms with E-state index in [1.165, 1.54) is 5.56 Å². The van der Waals surface area contributed by atoms with Crippen LogP contribution in [-0.2, 0) is 11.2 Å². The molecule has 2 atom stereocenters. The van der Waals surface area contributed by atoms with E-state index in [0.29, 0.717) is 18.4 Å². The molecule has 0 aliphatic carbocycles. The lowest BCUT2D eigenvalue weighted by molar-refractivity contribution is -0.134. The molecule has 110 valence electrons. The number of hydrogen-bond donors (Lipinski definition) is 1. The number of nitrogens with zero attached hydrogens (tertiary/aromatic N) is 1. The van der Waals surface area contributed by atoms with Crippen molar-refractivity contribution in [3.05, 3.63) is 34.3 Å². The molecule has 1 aromatic carbocycles. The van der Waals surface area contributed by atoms with Gasteiger partial charge in [-0.2, -0.15) is 0 Å². The zero-order chi connectivity index (χ0) is 14.5. The van der Waals surface area contributed by atoms with Gasteiger partial charge < -0.3 is 10.6 Å². The molecule has 4 heteroatoms. The lowest BCUT2D eigenvalue weighted by Crippen LogP contribution is -2.35. The third kappa shape index (κ3) is 3.61. The summed E-state index contributed by atoms with van der Waals surface area (Å²) < 4.78 is 1.09. The second-order valence-electron chi connectivity index (χ2n) is 5.58. The van der Waals surface area contributed by atoms with Crippen molar-refractivity contribution < 1.29 is 4.79 Å². The second-order valence-corrected chi connectivity index (χ2v) is 6.43. The third-order valence-electron chi connectivity index (χ3n) is 4.20. The summed E-state index contributed by atoms with van der Waals surface area (Å²) in [5.74, 6) is 0.851. The Morgan fingerprint density at radius 1 is 1.50 bits per heavy atom. The highest BCUT2D eigenvalue weighted by Crippen LogP contribution is 2.24. The van der Waals surface area contributed by atoms with Crippen molar-refractivity contribution in [1.29, 1.82) is 0 Å². The van der Waals surface area contributed by atoms with Crippen molar-refractivity contribution in [2.45, 2.75) is 26.2 Å². The molecule has 0 bridgehead atoms. The predicted molar refractivity (Wildman–Crippen MR) is 85.4 cm³/mol. The zero-order valence-electron chi connectivity index (χ0n) is 12.0. The molecule has 1 amide bonds. The zero-order valence-corrected chi connectivity index (χ0v) is 13.6. The minimum atomic E-state index is 0.0743. The van der Waals surface area contributed by atoms with Crippen molar-refractivity contribution in [1.82, 2.24) is 4.90 Å². The summed E-state index contributed by atoms with van der Waals surface area (Å²) in [7, 11) is 0. The smallest absolute Gasteiger partial charge is 0.226 e. The fourth-order valence-electron chi connectivity index (χ4n) is 2.82. The topological polar surface area (TPSA) is 46.3 Å². The molecule has 3 nitrogen and oxygen atoms in total.